The Morgan fingerprint density at radius 3 is 2.97 bits per heavy atom. The van der Waals surface area contributed by atoms with E-state index in [2.05, 4.69) is 24.8 Å². The Balaban J connectivity index is 1.49. The lowest BCUT2D eigenvalue weighted by molar-refractivity contribution is -0.150. The fourth-order valence-electron chi connectivity index (χ4n) is 3.20. The van der Waals surface area contributed by atoms with Crippen LogP contribution in [0.1, 0.15) is 18.3 Å². The summed E-state index contributed by atoms with van der Waals surface area (Å²) in [5, 5.41) is 17.5. The lowest BCUT2D eigenvalue weighted by atomic mass is 10.0. The number of pyridine rings is 1. The minimum absolute atomic E-state index is 0.0245. The van der Waals surface area contributed by atoms with Crippen LogP contribution in [0.2, 0.25) is 0 Å². The van der Waals surface area contributed by atoms with Gasteiger partial charge in [0.25, 0.3) is 11.8 Å². The highest BCUT2D eigenvalue weighted by Crippen LogP contribution is 2.43. The van der Waals surface area contributed by atoms with E-state index in [0.717, 1.165) is 17.1 Å². The number of nitrogens with zero attached hydrogens (tertiary/aromatic N) is 5. The molecule has 0 saturated carbocycles. The first-order chi connectivity index (χ1) is 16.9. The number of nitrogens with two attached hydrogens (primary N) is 1. The van der Waals surface area contributed by atoms with E-state index in [1.54, 1.807) is 36.9 Å². The molecule has 35 heavy (non-hydrogen) atoms. The van der Waals surface area contributed by atoms with Crippen LogP contribution < -0.4 is 11.1 Å². The van der Waals surface area contributed by atoms with Gasteiger partial charge in [-0.3, -0.25) is 19.5 Å². The molecular formula is C20H19N7O5S3. The summed E-state index contributed by atoms with van der Waals surface area (Å²) < 4.78 is 3.97. The molecular weight excluding hydrogens is 514 g/mol. The van der Waals surface area contributed by atoms with Gasteiger partial charge in [-0.2, -0.15) is 9.36 Å². The van der Waals surface area contributed by atoms with Gasteiger partial charge in [0, 0.05) is 34.6 Å². The number of carboxylic acids is 1. The van der Waals surface area contributed by atoms with Gasteiger partial charge in [-0.25, -0.2) is 4.79 Å². The van der Waals surface area contributed by atoms with Crippen LogP contribution in [0.5, 0.6) is 0 Å². The number of rotatable bonds is 9. The van der Waals surface area contributed by atoms with Gasteiger partial charge in [-0.05, 0) is 30.0 Å². The zero-order valence-electron chi connectivity index (χ0n) is 18.2. The van der Waals surface area contributed by atoms with Gasteiger partial charge in [-0.1, -0.05) is 23.0 Å². The topological polar surface area (TPSA) is 173 Å². The number of amides is 2. The normalized spacial score (nSPS) is 20.0. The quantitative estimate of drug-likeness (QED) is 0.241. The van der Waals surface area contributed by atoms with Crippen molar-refractivity contribution in [2.45, 2.75) is 18.3 Å². The number of hydrogen-bond donors (Lipinski definition) is 3. The number of β-lactam (4-membered cyclic amide) rings is 1. The second kappa shape index (κ2) is 10.9. The molecule has 12 nitrogen and oxygen atoms in total. The van der Waals surface area contributed by atoms with Crippen LogP contribution in [-0.2, 0) is 19.2 Å². The Kier molecular flexibility index (Phi) is 7.67. The van der Waals surface area contributed by atoms with Gasteiger partial charge in [0.1, 0.15) is 23.7 Å². The molecule has 1 fully saturated rings. The third-order valence-corrected chi connectivity index (χ3v) is 7.63. The predicted octanol–water partition coefficient (Wildman–Crippen LogP) is 1.36. The molecule has 0 spiro atoms. The minimum atomic E-state index is -1.22. The van der Waals surface area contributed by atoms with Crippen molar-refractivity contribution in [1.82, 2.24) is 24.6 Å². The first-order valence-electron chi connectivity index (χ1n) is 10.2. The number of nitrogen functional groups attached to an aromatic ring is 1. The van der Waals surface area contributed by atoms with E-state index < -0.39 is 29.2 Å². The van der Waals surface area contributed by atoms with Gasteiger partial charge >= 0.3 is 5.97 Å². The predicted molar refractivity (Wildman–Crippen MR) is 133 cm³/mol. The Morgan fingerprint density at radius 2 is 2.31 bits per heavy atom. The molecule has 2 aliphatic heterocycles. The number of aromatic nitrogens is 3. The smallest absolute Gasteiger partial charge is 0.353 e. The zero-order chi connectivity index (χ0) is 24.9. The number of oxime groups is 1. The summed E-state index contributed by atoms with van der Waals surface area (Å²) in [6.07, 6.45) is 5.15. The van der Waals surface area contributed by atoms with Crippen LogP contribution in [-0.4, -0.2) is 71.6 Å². The van der Waals surface area contributed by atoms with Crippen molar-refractivity contribution >= 4 is 69.8 Å². The van der Waals surface area contributed by atoms with E-state index in [-0.39, 0.29) is 29.0 Å². The van der Waals surface area contributed by atoms with E-state index in [9.17, 15) is 19.5 Å². The molecule has 182 valence electrons. The standard InChI is InChI=1S/C20H19N7O5S3/c1-2-32-25-12(15-24-20(21)35-26-15)16(28)23-13-17(29)27-14(19(30)31)11(9-34-18(13)27)33-7-5-10-4-3-6-22-8-10/h3-8,13,18H,2,9H2,1H3,(H,23,28)(H,30,31)(H2,21,24,26)/b7-5-,25-12?/t13?,18-/m1/s1. The molecule has 0 aliphatic carbocycles. The van der Waals surface area contributed by atoms with Crippen LogP contribution >= 0.6 is 35.1 Å². The Labute approximate surface area is 211 Å². The number of aliphatic carboxylic acids is 1. The molecule has 4 rings (SSSR count). The molecule has 0 aromatic carbocycles. The molecule has 2 aromatic rings. The van der Waals surface area contributed by atoms with Crippen molar-refractivity contribution in [1.29, 1.82) is 0 Å². The maximum absolute atomic E-state index is 12.9. The van der Waals surface area contributed by atoms with Crippen molar-refractivity contribution in [3.63, 3.8) is 0 Å². The maximum Gasteiger partial charge on any atom is 0.353 e. The lowest BCUT2D eigenvalue weighted by Gasteiger charge is -2.49. The van der Waals surface area contributed by atoms with Gasteiger partial charge in [0.05, 0.1) is 0 Å². The number of anilines is 1. The highest BCUT2D eigenvalue weighted by molar-refractivity contribution is 8.08. The number of thioether (sulfide) groups is 2. The monoisotopic (exact) mass is 533 g/mol. The van der Waals surface area contributed by atoms with Crippen molar-refractivity contribution < 1.29 is 24.3 Å². The van der Waals surface area contributed by atoms with Gasteiger partial charge in [0.15, 0.2) is 5.13 Å². The van der Waals surface area contributed by atoms with E-state index in [1.165, 1.54) is 28.4 Å². The number of fused-ring (bicyclic) bond motifs is 1. The first kappa shape index (κ1) is 24.7. The van der Waals surface area contributed by atoms with E-state index in [4.69, 9.17) is 10.6 Å². The summed E-state index contributed by atoms with van der Waals surface area (Å²) in [5.41, 5.74) is 6.14. The lowest BCUT2D eigenvalue weighted by Crippen LogP contribution is -2.71. The number of carbonyl (C=O) groups is 3. The third-order valence-electron chi connectivity index (χ3n) is 4.73. The van der Waals surface area contributed by atoms with Gasteiger partial charge < -0.3 is 21.0 Å². The van der Waals surface area contributed by atoms with E-state index >= 15 is 0 Å². The molecule has 4 N–H and O–H groups in total. The summed E-state index contributed by atoms with van der Waals surface area (Å²) >= 11 is 3.47. The molecule has 2 aliphatic rings. The SMILES string of the molecule is CCON=C(C(=O)NC1C(=O)N2C(C(=O)O)=C(S/C=C\c3cccnc3)CS[C@H]12)c1nsc(N)n1. The highest BCUT2D eigenvalue weighted by Gasteiger charge is 2.54. The summed E-state index contributed by atoms with van der Waals surface area (Å²) in [4.78, 5) is 52.5. The molecule has 0 bridgehead atoms. The average Bonchev–Trinajstić information content (AvgIpc) is 3.28. The Bertz CT molecular complexity index is 1230. The largest absolute Gasteiger partial charge is 0.477 e. The van der Waals surface area contributed by atoms with Crippen LogP contribution in [0.3, 0.4) is 0 Å². The minimum Gasteiger partial charge on any atom is -0.477 e. The van der Waals surface area contributed by atoms with Crippen LogP contribution in [0.4, 0.5) is 5.13 Å². The van der Waals surface area contributed by atoms with Crippen LogP contribution in [0.15, 0.2) is 45.7 Å². The van der Waals surface area contributed by atoms with Crippen molar-refractivity contribution in [3.8, 4) is 0 Å². The fourth-order valence-corrected chi connectivity index (χ4v) is 6.00. The number of carboxylic acid groups (broad SMARTS) is 1. The van der Waals surface area contributed by atoms with Gasteiger partial charge in [0.2, 0.25) is 11.5 Å². The average molecular weight is 534 g/mol. The summed E-state index contributed by atoms with van der Waals surface area (Å²) in [6, 6.07) is 2.72. The molecule has 15 heteroatoms. The third kappa shape index (κ3) is 5.31. The molecule has 2 amide bonds. The van der Waals surface area contributed by atoms with Gasteiger partial charge in [-0.15, -0.1) is 11.8 Å². The summed E-state index contributed by atoms with van der Waals surface area (Å²) in [5.74, 6) is -2.15. The second-order valence-corrected chi connectivity index (χ2v) is 9.85. The number of nitrogens with one attached hydrogen (secondary N) is 1. The summed E-state index contributed by atoms with van der Waals surface area (Å²) in [7, 11) is 0. The molecule has 2 aromatic heterocycles. The zero-order valence-corrected chi connectivity index (χ0v) is 20.6. The van der Waals surface area contributed by atoms with Crippen molar-refractivity contribution in [2.75, 3.05) is 18.1 Å². The number of carbonyl (C=O) groups excluding carboxylic acids is 2. The molecule has 1 saturated heterocycles. The Morgan fingerprint density at radius 1 is 1.49 bits per heavy atom. The Hall–Kier alpha value is -3.43. The number of hydrogen-bond acceptors (Lipinski definition) is 12. The maximum atomic E-state index is 12.9. The molecule has 4 heterocycles. The molecule has 0 radical (unpaired) electrons. The van der Waals surface area contributed by atoms with Crippen molar-refractivity contribution in [3.05, 3.63) is 51.9 Å². The van der Waals surface area contributed by atoms with Crippen LogP contribution in [0, 0.1) is 0 Å². The molecule has 1 unspecified atom stereocenters. The second-order valence-electron chi connectivity index (χ2n) is 6.96. The van der Waals surface area contributed by atoms with E-state index in [1.807, 2.05) is 6.07 Å². The summed E-state index contributed by atoms with van der Waals surface area (Å²) in [6.45, 7) is 1.89. The van der Waals surface area contributed by atoms with Crippen LogP contribution in [0.25, 0.3) is 6.08 Å². The molecule has 2 atom stereocenters. The van der Waals surface area contributed by atoms with E-state index in [0.29, 0.717) is 10.7 Å². The van der Waals surface area contributed by atoms with Crippen molar-refractivity contribution in [2.24, 2.45) is 5.16 Å². The highest BCUT2D eigenvalue weighted by atomic mass is 32.2. The fraction of sp³-hybridized carbons (Fsp3) is 0.250. The first-order valence-corrected chi connectivity index (χ1v) is 12.9.